The third-order valence-electron chi connectivity index (χ3n) is 5.92. The molecule has 190 valence electrons. The van der Waals surface area contributed by atoms with Gasteiger partial charge in [-0.05, 0) is 24.3 Å². The Morgan fingerprint density at radius 2 is 1.78 bits per heavy atom. The van der Waals surface area contributed by atoms with Gasteiger partial charge in [-0.2, -0.15) is 5.06 Å². The lowest BCUT2D eigenvalue weighted by atomic mass is 10.1. The Bertz CT molecular complexity index is 1450. The van der Waals surface area contributed by atoms with Crippen molar-refractivity contribution >= 4 is 28.4 Å². The molecule has 0 spiro atoms. The molecule has 5 rings (SSSR count). The second kappa shape index (κ2) is 10.6. The lowest BCUT2D eigenvalue weighted by molar-refractivity contribution is -0.128. The Balaban J connectivity index is 1.16. The maximum Gasteiger partial charge on any atom is 0.276 e. The highest BCUT2D eigenvalue weighted by molar-refractivity contribution is 6.06. The standard InChI is InChI=1S/C27H25N3O7/c28-27(32)21-15-29(22-7-3-2-6-20(21)22)14-18-5-1-4-8-23(18)35-12-11-34-16-26(31)30(33)19-9-10-24-25(13-19)37-17-36-24/h1-10,13,15,33H,11-12,14,16-17H2,(H2,28,32). The van der Waals surface area contributed by atoms with Crippen LogP contribution in [0.3, 0.4) is 0 Å². The number of para-hydroxylation sites is 2. The maximum atomic E-state index is 12.3. The molecule has 0 saturated carbocycles. The third kappa shape index (κ3) is 5.20. The molecular weight excluding hydrogens is 478 g/mol. The molecule has 1 aliphatic heterocycles. The zero-order chi connectivity index (χ0) is 25.8. The summed E-state index contributed by atoms with van der Waals surface area (Å²) in [5.74, 6) is 0.544. The number of primary amides is 1. The smallest absolute Gasteiger partial charge is 0.276 e. The minimum Gasteiger partial charge on any atom is -0.491 e. The van der Waals surface area contributed by atoms with Gasteiger partial charge in [0.25, 0.3) is 11.8 Å². The molecule has 4 aromatic rings. The molecule has 10 heteroatoms. The highest BCUT2D eigenvalue weighted by Gasteiger charge is 2.19. The first-order valence-electron chi connectivity index (χ1n) is 11.6. The van der Waals surface area contributed by atoms with Gasteiger partial charge in [0.15, 0.2) is 11.5 Å². The Morgan fingerprint density at radius 3 is 2.65 bits per heavy atom. The minimum atomic E-state index is -0.635. The molecule has 3 N–H and O–H groups in total. The molecule has 37 heavy (non-hydrogen) atoms. The third-order valence-corrected chi connectivity index (χ3v) is 5.92. The van der Waals surface area contributed by atoms with Crippen LogP contribution >= 0.6 is 0 Å². The molecule has 1 aromatic heterocycles. The Hall–Kier alpha value is -4.54. The molecule has 2 heterocycles. The quantitative estimate of drug-likeness (QED) is 0.193. The number of hydrogen-bond donors (Lipinski definition) is 2. The van der Waals surface area contributed by atoms with Gasteiger partial charge >= 0.3 is 0 Å². The van der Waals surface area contributed by atoms with Crippen molar-refractivity contribution in [1.82, 2.24) is 4.57 Å². The number of benzene rings is 3. The van der Waals surface area contributed by atoms with Gasteiger partial charge in [-0.3, -0.25) is 14.8 Å². The van der Waals surface area contributed by atoms with Crippen molar-refractivity contribution in [3.05, 3.63) is 84.1 Å². The molecule has 0 unspecified atom stereocenters. The summed E-state index contributed by atoms with van der Waals surface area (Å²) in [5, 5.41) is 11.5. The highest BCUT2D eigenvalue weighted by Crippen LogP contribution is 2.35. The normalized spacial score (nSPS) is 12.0. The van der Waals surface area contributed by atoms with Gasteiger partial charge in [0, 0.05) is 28.7 Å². The topological polar surface area (TPSA) is 125 Å². The minimum absolute atomic E-state index is 0.0981. The fourth-order valence-electron chi connectivity index (χ4n) is 4.12. The number of amides is 2. The second-order valence-electron chi connectivity index (χ2n) is 8.30. The van der Waals surface area contributed by atoms with E-state index < -0.39 is 11.8 Å². The number of aromatic nitrogens is 1. The molecule has 0 fully saturated rings. The summed E-state index contributed by atoms with van der Waals surface area (Å²) in [7, 11) is 0. The summed E-state index contributed by atoms with van der Waals surface area (Å²) >= 11 is 0. The zero-order valence-corrected chi connectivity index (χ0v) is 19.8. The molecule has 0 atom stereocenters. The van der Waals surface area contributed by atoms with Gasteiger partial charge in [-0.1, -0.05) is 36.4 Å². The monoisotopic (exact) mass is 503 g/mol. The van der Waals surface area contributed by atoms with Crippen LogP contribution in [0.5, 0.6) is 17.2 Å². The predicted octanol–water partition coefficient (Wildman–Crippen LogP) is 3.34. The van der Waals surface area contributed by atoms with Crippen LogP contribution in [0.4, 0.5) is 5.69 Å². The number of nitrogens with zero attached hydrogens (tertiary/aromatic N) is 2. The van der Waals surface area contributed by atoms with Crippen LogP contribution in [0.15, 0.2) is 72.9 Å². The first-order valence-corrected chi connectivity index (χ1v) is 11.6. The van der Waals surface area contributed by atoms with Crippen LogP contribution in [0.2, 0.25) is 0 Å². The first kappa shape index (κ1) is 24.2. The summed E-state index contributed by atoms with van der Waals surface area (Å²) in [6, 6.07) is 19.8. The molecule has 1 aliphatic rings. The second-order valence-corrected chi connectivity index (χ2v) is 8.30. The van der Waals surface area contributed by atoms with Crippen molar-refractivity contribution in [2.24, 2.45) is 5.73 Å². The molecule has 2 amide bonds. The molecule has 0 saturated heterocycles. The van der Waals surface area contributed by atoms with E-state index in [-0.39, 0.29) is 32.3 Å². The van der Waals surface area contributed by atoms with E-state index in [9.17, 15) is 14.8 Å². The van der Waals surface area contributed by atoms with E-state index in [1.807, 2.05) is 53.1 Å². The Morgan fingerprint density at radius 1 is 1.00 bits per heavy atom. The lowest BCUT2D eigenvalue weighted by Crippen LogP contribution is -2.31. The zero-order valence-electron chi connectivity index (χ0n) is 19.8. The van der Waals surface area contributed by atoms with E-state index in [0.717, 1.165) is 16.5 Å². The lowest BCUT2D eigenvalue weighted by Gasteiger charge is -2.16. The number of rotatable bonds is 10. The Kier molecular flexibility index (Phi) is 6.93. The van der Waals surface area contributed by atoms with Gasteiger partial charge in [-0.15, -0.1) is 0 Å². The predicted molar refractivity (Wildman–Crippen MR) is 134 cm³/mol. The summed E-state index contributed by atoms with van der Waals surface area (Å²) in [5.41, 5.74) is 8.07. The summed E-state index contributed by atoms with van der Waals surface area (Å²) in [6.45, 7) is 0.562. The van der Waals surface area contributed by atoms with Crippen LogP contribution in [-0.4, -0.2) is 48.2 Å². The summed E-state index contributed by atoms with van der Waals surface area (Å²) < 4.78 is 23.8. The van der Waals surface area contributed by atoms with Crippen LogP contribution in [0, 0.1) is 0 Å². The number of hydrogen-bond acceptors (Lipinski definition) is 7. The largest absolute Gasteiger partial charge is 0.491 e. The molecule has 3 aromatic carbocycles. The van der Waals surface area contributed by atoms with E-state index in [2.05, 4.69) is 0 Å². The summed E-state index contributed by atoms with van der Waals surface area (Å²) in [6.07, 6.45) is 1.75. The Labute approximate surface area is 212 Å². The molecule has 0 aliphatic carbocycles. The number of fused-ring (bicyclic) bond motifs is 2. The van der Waals surface area contributed by atoms with Gasteiger partial charge in [0.1, 0.15) is 19.0 Å². The van der Waals surface area contributed by atoms with Gasteiger partial charge in [-0.25, -0.2) is 0 Å². The van der Waals surface area contributed by atoms with Crippen LogP contribution in [-0.2, 0) is 16.1 Å². The maximum absolute atomic E-state index is 12.3. The number of carbonyl (C=O) groups excluding carboxylic acids is 2. The highest BCUT2D eigenvalue weighted by atomic mass is 16.7. The van der Waals surface area contributed by atoms with E-state index >= 15 is 0 Å². The number of anilines is 1. The van der Waals surface area contributed by atoms with Crippen molar-refractivity contribution < 1.29 is 33.7 Å². The van der Waals surface area contributed by atoms with E-state index in [1.54, 1.807) is 18.3 Å². The molecule has 10 nitrogen and oxygen atoms in total. The van der Waals surface area contributed by atoms with Gasteiger partial charge in [0.05, 0.1) is 24.4 Å². The van der Waals surface area contributed by atoms with Crippen molar-refractivity contribution in [2.75, 3.05) is 31.7 Å². The van der Waals surface area contributed by atoms with Crippen LogP contribution in [0.25, 0.3) is 10.9 Å². The van der Waals surface area contributed by atoms with Gasteiger partial charge < -0.3 is 29.2 Å². The SMILES string of the molecule is NC(=O)c1cn(Cc2ccccc2OCCOCC(=O)N(O)c2ccc3c(c2)OCO3)c2ccccc12. The van der Waals surface area contributed by atoms with E-state index in [4.69, 9.17) is 24.7 Å². The molecule has 0 radical (unpaired) electrons. The number of ether oxygens (including phenoxy) is 4. The number of nitrogens with two attached hydrogens (primary N) is 1. The average Bonchev–Trinajstić information content (AvgIpc) is 3.53. The van der Waals surface area contributed by atoms with E-state index in [0.29, 0.717) is 34.4 Å². The van der Waals surface area contributed by atoms with Crippen LogP contribution < -0.4 is 25.0 Å². The van der Waals surface area contributed by atoms with Crippen molar-refractivity contribution in [2.45, 2.75) is 6.54 Å². The molecule has 0 bridgehead atoms. The fourth-order valence-corrected chi connectivity index (χ4v) is 4.12. The van der Waals surface area contributed by atoms with Crippen LogP contribution in [0.1, 0.15) is 15.9 Å². The summed E-state index contributed by atoms with van der Waals surface area (Å²) in [4.78, 5) is 24.2. The van der Waals surface area contributed by atoms with Crippen molar-refractivity contribution in [3.63, 3.8) is 0 Å². The van der Waals surface area contributed by atoms with Crippen molar-refractivity contribution in [3.8, 4) is 17.2 Å². The number of hydroxylamine groups is 1. The average molecular weight is 504 g/mol. The number of carbonyl (C=O) groups is 2. The first-order chi connectivity index (χ1) is 18.0. The molecular formula is C27H25N3O7. The fraction of sp³-hybridized carbons (Fsp3) is 0.185. The van der Waals surface area contributed by atoms with Crippen molar-refractivity contribution in [1.29, 1.82) is 0 Å². The van der Waals surface area contributed by atoms with Gasteiger partial charge in [0.2, 0.25) is 6.79 Å². The van der Waals surface area contributed by atoms with E-state index in [1.165, 1.54) is 6.07 Å².